The van der Waals surface area contributed by atoms with Crippen LogP contribution >= 0.6 is 22.9 Å². The van der Waals surface area contributed by atoms with E-state index in [1.165, 1.54) is 18.3 Å². The molecule has 0 spiro atoms. The maximum absolute atomic E-state index is 11.6. The van der Waals surface area contributed by atoms with Gasteiger partial charge in [0, 0.05) is 30.7 Å². The van der Waals surface area contributed by atoms with Crippen LogP contribution in [0.4, 0.5) is 22.2 Å². The van der Waals surface area contributed by atoms with Gasteiger partial charge in [-0.25, -0.2) is 4.98 Å². The third-order valence-electron chi connectivity index (χ3n) is 4.11. The standard InChI is InChI=1S/C20H19ClN6OS/c1-3-27(10-4-9-22)15-6-8-16(18(12-15)23-13(2)28)25-26-20-24-17-7-5-14(21)11-19(17)29-20/h5-8,11-12H,3-4,10H2,1-2H3,(H,23,28). The van der Waals surface area contributed by atoms with E-state index in [1.807, 2.05) is 31.2 Å². The number of rotatable bonds is 7. The van der Waals surface area contributed by atoms with Crippen molar-refractivity contribution < 1.29 is 4.79 Å². The Morgan fingerprint density at radius 2 is 2.14 bits per heavy atom. The molecule has 7 nitrogen and oxygen atoms in total. The van der Waals surface area contributed by atoms with Gasteiger partial charge >= 0.3 is 0 Å². The van der Waals surface area contributed by atoms with E-state index < -0.39 is 0 Å². The van der Waals surface area contributed by atoms with E-state index in [0.29, 0.717) is 34.5 Å². The lowest BCUT2D eigenvalue weighted by Gasteiger charge is -2.22. The number of thiazole rings is 1. The second-order valence-corrected chi connectivity index (χ2v) is 7.62. The fourth-order valence-corrected chi connectivity index (χ4v) is 3.84. The lowest BCUT2D eigenvalue weighted by Crippen LogP contribution is -2.23. The van der Waals surface area contributed by atoms with Gasteiger partial charge in [-0.1, -0.05) is 22.9 Å². The molecule has 3 rings (SSSR count). The van der Waals surface area contributed by atoms with Crippen LogP contribution in [0.3, 0.4) is 0 Å². The van der Waals surface area contributed by atoms with Crippen LogP contribution in [-0.4, -0.2) is 24.0 Å². The summed E-state index contributed by atoms with van der Waals surface area (Å²) in [6.45, 7) is 4.82. The van der Waals surface area contributed by atoms with Gasteiger partial charge in [-0.05, 0) is 43.3 Å². The number of anilines is 2. The van der Waals surface area contributed by atoms with Gasteiger partial charge in [0.25, 0.3) is 0 Å². The average Bonchev–Trinajstić information content (AvgIpc) is 3.09. The Kier molecular flexibility index (Phi) is 6.75. The normalized spacial score (nSPS) is 11.0. The Morgan fingerprint density at radius 3 is 2.86 bits per heavy atom. The Labute approximate surface area is 177 Å². The van der Waals surface area contributed by atoms with Crippen molar-refractivity contribution in [2.45, 2.75) is 20.3 Å². The number of carbonyl (C=O) groups excluding carboxylic acids is 1. The summed E-state index contributed by atoms with van der Waals surface area (Å²) in [7, 11) is 0. The van der Waals surface area contributed by atoms with E-state index in [1.54, 1.807) is 12.1 Å². The molecule has 3 aromatic rings. The average molecular weight is 427 g/mol. The Hall–Kier alpha value is -3.02. The fourth-order valence-electron chi connectivity index (χ4n) is 2.78. The minimum Gasteiger partial charge on any atom is -0.371 e. The topological polar surface area (TPSA) is 93.7 Å². The van der Waals surface area contributed by atoms with Crippen LogP contribution in [0.15, 0.2) is 46.6 Å². The molecular weight excluding hydrogens is 408 g/mol. The zero-order chi connectivity index (χ0) is 20.8. The summed E-state index contributed by atoms with van der Waals surface area (Å²) in [5, 5.41) is 21.3. The van der Waals surface area contributed by atoms with Crippen molar-refractivity contribution in [3.63, 3.8) is 0 Å². The fraction of sp³-hybridized carbons (Fsp3) is 0.250. The van der Waals surface area contributed by atoms with Gasteiger partial charge in [0.15, 0.2) is 0 Å². The summed E-state index contributed by atoms with van der Waals surface area (Å²) < 4.78 is 0.931. The largest absolute Gasteiger partial charge is 0.371 e. The number of carbonyl (C=O) groups is 1. The van der Waals surface area contributed by atoms with E-state index in [0.717, 1.165) is 22.4 Å². The predicted molar refractivity (Wildman–Crippen MR) is 118 cm³/mol. The Balaban J connectivity index is 1.91. The lowest BCUT2D eigenvalue weighted by molar-refractivity contribution is -0.114. The molecule has 0 saturated carbocycles. The Bertz CT molecular complexity index is 1100. The van der Waals surface area contributed by atoms with Crippen LogP contribution < -0.4 is 10.2 Å². The molecule has 9 heteroatoms. The number of azo groups is 1. The SMILES string of the molecule is CCN(CCC#N)c1ccc(N=Nc2nc3ccc(Cl)cc3s2)c(NC(C)=O)c1. The molecule has 0 saturated heterocycles. The van der Waals surface area contributed by atoms with E-state index in [2.05, 4.69) is 31.5 Å². The number of fused-ring (bicyclic) bond motifs is 1. The molecule has 1 N–H and O–H groups in total. The van der Waals surface area contributed by atoms with Gasteiger partial charge in [-0.2, -0.15) is 5.26 Å². The molecule has 0 aliphatic rings. The molecule has 148 valence electrons. The number of amides is 1. The highest BCUT2D eigenvalue weighted by Crippen LogP contribution is 2.34. The van der Waals surface area contributed by atoms with E-state index in [9.17, 15) is 4.79 Å². The quantitative estimate of drug-likeness (QED) is 0.464. The number of nitrogens with zero attached hydrogens (tertiary/aromatic N) is 5. The summed E-state index contributed by atoms with van der Waals surface area (Å²) in [6.07, 6.45) is 0.423. The van der Waals surface area contributed by atoms with Crippen molar-refractivity contribution in [2.75, 3.05) is 23.3 Å². The molecule has 2 aromatic carbocycles. The molecular formula is C20H19ClN6OS. The lowest BCUT2D eigenvalue weighted by atomic mass is 10.2. The highest BCUT2D eigenvalue weighted by Gasteiger charge is 2.10. The van der Waals surface area contributed by atoms with Gasteiger partial charge < -0.3 is 10.2 Å². The first kappa shape index (κ1) is 20.7. The van der Waals surface area contributed by atoms with Crippen molar-refractivity contribution in [3.05, 3.63) is 41.4 Å². The number of halogens is 1. The zero-order valence-corrected chi connectivity index (χ0v) is 17.6. The maximum Gasteiger partial charge on any atom is 0.231 e. The van der Waals surface area contributed by atoms with Crippen LogP contribution in [0.1, 0.15) is 20.3 Å². The van der Waals surface area contributed by atoms with Crippen molar-refractivity contribution in [3.8, 4) is 6.07 Å². The van der Waals surface area contributed by atoms with Crippen molar-refractivity contribution in [1.82, 2.24) is 4.98 Å². The van der Waals surface area contributed by atoms with Crippen LogP contribution in [0.2, 0.25) is 5.02 Å². The minimum atomic E-state index is -0.201. The number of hydrogen-bond acceptors (Lipinski definition) is 7. The van der Waals surface area contributed by atoms with Gasteiger partial charge in [0.2, 0.25) is 11.0 Å². The van der Waals surface area contributed by atoms with Gasteiger partial charge in [-0.15, -0.1) is 10.2 Å². The maximum atomic E-state index is 11.6. The van der Waals surface area contributed by atoms with E-state index >= 15 is 0 Å². The van der Waals surface area contributed by atoms with Crippen molar-refractivity contribution in [1.29, 1.82) is 5.26 Å². The molecule has 1 amide bonds. The first-order valence-electron chi connectivity index (χ1n) is 9.01. The van der Waals surface area contributed by atoms with Crippen molar-refractivity contribution >= 4 is 61.3 Å². The first-order chi connectivity index (χ1) is 14.0. The van der Waals surface area contributed by atoms with E-state index in [-0.39, 0.29) is 5.91 Å². The van der Waals surface area contributed by atoms with Gasteiger partial charge in [0.05, 0.1) is 28.4 Å². The number of nitriles is 1. The molecule has 0 fully saturated rings. The highest BCUT2D eigenvalue weighted by molar-refractivity contribution is 7.21. The number of nitrogens with one attached hydrogen (secondary N) is 1. The summed E-state index contributed by atoms with van der Waals surface area (Å²) in [6, 6.07) is 13.2. The molecule has 0 bridgehead atoms. The predicted octanol–water partition coefficient (Wildman–Crippen LogP) is 6.06. The van der Waals surface area contributed by atoms with Crippen LogP contribution in [-0.2, 0) is 4.79 Å². The monoisotopic (exact) mass is 426 g/mol. The second-order valence-electron chi connectivity index (χ2n) is 6.18. The zero-order valence-electron chi connectivity index (χ0n) is 16.0. The molecule has 1 heterocycles. The molecule has 1 aromatic heterocycles. The molecule has 0 aliphatic heterocycles. The molecule has 0 unspecified atom stereocenters. The van der Waals surface area contributed by atoms with Crippen LogP contribution in [0.25, 0.3) is 10.2 Å². The summed E-state index contributed by atoms with van der Waals surface area (Å²) in [4.78, 5) is 18.1. The molecule has 0 atom stereocenters. The molecule has 0 aliphatic carbocycles. The smallest absolute Gasteiger partial charge is 0.231 e. The third-order valence-corrected chi connectivity index (χ3v) is 5.25. The number of hydrogen-bond donors (Lipinski definition) is 1. The van der Waals surface area contributed by atoms with Gasteiger partial charge in [0.1, 0.15) is 5.69 Å². The number of aromatic nitrogens is 1. The Morgan fingerprint density at radius 1 is 1.31 bits per heavy atom. The van der Waals surface area contributed by atoms with E-state index in [4.69, 9.17) is 16.9 Å². The summed E-state index contributed by atoms with van der Waals surface area (Å²) in [5.41, 5.74) is 2.79. The molecule has 29 heavy (non-hydrogen) atoms. The summed E-state index contributed by atoms with van der Waals surface area (Å²) >= 11 is 7.41. The third kappa shape index (κ3) is 5.28. The van der Waals surface area contributed by atoms with Crippen LogP contribution in [0, 0.1) is 11.3 Å². The highest BCUT2D eigenvalue weighted by atomic mass is 35.5. The molecule has 0 radical (unpaired) electrons. The summed E-state index contributed by atoms with van der Waals surface area (Å²) in [5.74, 6) is -0.201. The van der Waals surface area contributed by atoms with Crippen LogP contribution in [0.5, 0.6) is 0 Å². The van der Waals surface area contributed by atoms with Crippen molar-refractivity contribution in [2.24, 2.45) is 10.2 Å². The van der Waals surface area contributed by atoms with Gasteiger partial charge in [-0.3, -0.25) is 4.79 Å². The first-order valence-corrected chi connectivity index (χ1v) is 10.2. The number of benzene rings is 2. The second kappa shape index (κ2) is 9.45. The minimum absolute atomic E-state index is 0.201.